The standard InChI is InChI=1S/C18H16N4OS2/c1-2-9-23-22-13-6-3-7-14-16(13)21-18(24-14)15-11-20-17(25-15)12-5-4-8-19-10-12/h2,4-5,8,10-11H,1,3,6-7,9H2/b22-13+. The first-order chi connectivity index (χ1) is 12.3. The number of hydrogen-bond donors (Lipinski definition) is 0. The van der Waals surface area contributed by atoms with Crippen LogP contribution in [0.5, 0.6) is 0 Å². The number of aryl methyl sites for hydroxylation is 1. The smallest absolute Gasteiger partial charge is 0.136 e. The molecule has 0 aliphatic heterocycles. The molecule has 0 bridgehead atoms. The summed E-state index contributed by atoms with van der Waals surface area (Å²) in [5.74, 6) is 0. The van der Waals surface area contributed by atoms with Gasteiger partial charge in [0.25, 0.3) is 0 Å². The number of thiazole rings is 2. The molecular weight excluding hydrogens is 352 g/mol. The zero-order chi connectivity index (χ0) is 17.1. The summed E-state index contributed by atoms with van der Waals surface area (Å²) in [5.41, 5.74) is 2.94. The summed E-state index contributed by atoms with van der Waals surface area (Å²) >= 11 is 3.36. The van der Waals surface area contributed by atoms with Gasteiger partial charge < -0.3 is 4.84 Å². The van der Waals surface area contributed by atoms with Gasteiger partial charge in [0.15, 0.2) is 0 Å². The van der Waals surface area contributed by atoms with E-state index in [2.05, 4.69) is 21.7 Å². The number of rotatable bonds is 5. The maximum atomic E-state index is 5.27. The van der Waals surface area contributed by atoms with E-state index in [1.54, 1.807) is 34.9 Å². The number of nitrogens with zero attached hydrogens (tertiary/aromatic N) is 4. The lowest BCUT2D eigenvalue weighted by atomic mass is 10.0. The highest BCUT2D eigenvalue weighted by molar-refractivity contribution is 7.23. The van der Waals surface area contributed by atoms with E-state index in [-0.39, 0.29) is 0 Å². The molecule has 0 atom stereocenters. The Labute approximate surface area is 153 Å². The molecular formula is C18H16N4OS2. The lowest BCUT2D eigenvalue weighted by Gasteiger charge is -2.11. The van der Waals surface area contributed by atoms with Gasteiger partial charge in [-0.15, -0.1) is 22.7 Å². The van der Waals surface area contributed by atoms with Gasteiger partial charge in [-0.05, 0) is 31.4 Å². The Morgan fingerprint density at radius 1 is 1.24 bits per heavy atom. The molecule has 0 fully saturated rings. The Bertz CT molecular complexity index is 914. The fourth-order valence-corrected chi connectivity index (χ4v) is 4.71. The molecule has 0 unspecified atom stereocenters. The van der Waals surface area contributed by atoms with Crippen LogP contribution in [0.15, 0.2) is 48.5 Å². The minimum atomic E-state index is 0.416. The lowest BCUT2D eigenvalue weighted by molar-refractivity contribution is 0.174. The van der Waals surface area contributed by atoms with Gasteiger partial charge in [-0.2, -0.15) is 0 Å². The van der Waals surface area contributed by atoms with Crippen LogP contribution in [-0.4, -0.2) is 27.3 Å². The Morgan fingerprint density at radius 2 is 2.20 bits per heavy atom. The van der Waals surface area contributed by atoms with E-state index in [0.717, 1.165) is 51.1 Å². The maximum absolute atomic E-state index is 5.27. The number of pyridine rings is 1. The number of oxime groups is 1. The summed E-state index contributed by atoms with van der Waals surface area (Å²) in [6, 6.07) is 3.94. The van der Waals surface area contributed by atoms with E-state index in [9.17, 15) is 0 Å². The molecule has 4 rings (SSSR count). The third kappa shape index (κ3) is 3.38. The van der Waals surface area contributed by atoms with Crippen molar-refractivity contribution in [2.24, 2.45) is 5.16 Å². The molecule has 0 radical (unpaired) electrons. The highest BCUT2D eigenvalue weighted by atomic mass is 32.1. The molecule has 0 aromatic carbocycles. The van der Waals surface area contributed by atoms with Gasteiger partial charge in [-0.1, -0.05) is 17.8 Å². The molecule has 126 valence electrons. The Kier molecular flexibility index (Phi) is 4.67. The molecule has 1 aliphatic carbocycles. The van der Waals surface area contributed by atoms with Crippen molar-refractivity contribution in [2.75, 3.05) is 6.61 Å². The van der Waals surface area contributed by atoms with Crippen LogP contribution >= 0.6 is 22.7 Å². The molecule has 0 spiro atoms. The van der Waals surface area contributed by atoms with Crippen LogP contribution < -0.4 is 0 Å². The number of hydrogen-bond acceptors (Lipinski definition) is 7. The summed E-state index contributed by atoms with van der Waals surface area (Å²) in [7, 11) is 0. The van der Waals surface area contributed by atoms with Crippen LogP contribution in [0.4, 0.5) is 0 Å². The van der Waals surface area contributed by atoms with Crippen molar-refractivity contribution in [3.63, 3.8) is 0 Å². The predicted octanol–water partition coefficient (Wildman–Crippen LogP) is 4.57. The van der Waals surface area contributed by atoms with Crippen LogP contribution in [0, 0.1) is 0 Å². The number of fused-ring (bicyclic) bond motifs is 1. The van der Waals surface area contributed by atoms with Crippen molar-refractivity contribution in [3.8, 4) is 20.5 Å². The average Bonchev–Trinajstić information content (AvgIpc) is 3.30. The van der Waals surface area contributed by atoms with Gasteiger partial charge in [-0.3, -0.25) is 4.98 Å². The first-order valence-electron chi connectivity index (χ1n) is 8.01. The van der Waals surface area contributed by atoms with Crippen LogP contribution in [0.1, 0.15) is 23.4 Å². The highest BCUT2D eigenvalue weighted by Crippen LogP contribution is 2.37. The molecule has 0 amide bonds. The van der Waals surface area contributed by atoms with Crippen molar-refractivity contribution in [1.82, 2.24) is 15.0 Å². The van der Waals surface area contributed by atoms with E-state index in [1.165, 1.54) is 4.88 Å². The summed E-state index contributed by atoms with van der Waals surface area (Å²) in [6.45, 7) is 4.06. The van der Waals surface area contributed by atoms with Crippen molar-refractivity contribution >= 4 is 28.4 Å². The molecule has 3 aromatic heterocycles. The lowest BCUT2D eigenvalue weighted by Crippen LogP contribution is -2.11. The van der Waals surface area contributed by atoms with Gasteiger partial charge in [0.05, 0.1) is 4.88 Å². The molecule has 0 saturated carbocycles. The van der Waals surface area contributed by atoms with Gasteiger partial charge >= 0.3 is 0 Å². The van der Waals surface area contributed by atoms with Crippen molar-refractivity contribution < 1.29 is 4.84 Å². The monoisotopic (exact) mass is 368 g/mol. The van der Waals surface area contributed by atoms with Crippen LogP contribution in [0.3, 0.4) is 0 Å². The molecule has 0 N–H and O–H groups in total. The fraction of sp³-hybridized carbons (Fsp3) is 0.222. The van der Waals surface area contributed by atoms with Crippen molar-refractivity contribution in [2.45, 2.75) is 19.3 Å². The van der Waals surface area contributed by atoms with Gasteiger partial charge in [0, 0.05) is 29.0 Å². The van der Waals surface area contributed by atoms with E-state index in [4.69, 9.17) is 9.82 Å². The minimum absolute atomic E-state index is 0.416. The van der Waals surface area contributed by atoms with Crippen LogP contribution in [-0.2, 0) is 11.3 Å². The molecule has 25 heavy (non-hydrogen) atoms. The second-order valence-electron chi connectivity index (χ2n) is 5.54. The summed E-state index contributed by atoms with van der Waals surface area (Å²) in [4.78, 5) is 21.1. The predicted molar refractivity (Wildman–Crippen MR) is 102 cm³/mol. The van der Waals surface area contributed by atoms with E-state index in [1.807, 2.05) is 24.5 Å². The van der Waals surface area contributed by atoms with E-state index in [0.29, 0.717) is 6.61 Å². The molecule has 0 saturated heterocycles. The third-order valence-electron chi connectivity index (χ3n) is 3.78. The van der Waals surface area contributed by atoms with Gasteiger partial charge in [0.1, 0.15) is 28.0 Å². The normalized spacial score (nSPS) is 15.1. The van der Waals surface area contributed by atoms with Gasteiger partial charge in [0.2, 0.25) is 0 Å². The second-order valence-corrected chi connectivity index (χ2v) is 7.65. The quantitative estimate of drug-likeness (QED) is 0.376. The minimum Gasteiger partial charge on any atom is -0.391 e. The first kappa shape index (κ1) is 16.1. The average molecular weight is 368 g/mol. The molecule has 3 heterocycles. The van der Waals surface area contributed by atoms with E-state index >= 15 is 0 Å². The molecule has 5 nitrogen and oxygen atoms in total. The highest BCUT2D eigenvalue weighted by Gasteiger charge is 2.23. The van der Waals surface area contributed by atoms with Crippen LogP contribution in [0.2, 0.25) is 0 Å². The van der Waals surface area contributed by atoms with E-state index < -0.39 is 0 Å². The van der Waals surface area contributed by atoms with Crippen LogP contribution in [0.25, 0.3) is 20.5 Å². The first-order valence-corrected chi connectivity index (χ1v) is 9.65. The Morgan fingerprint density at radius 3 is 3.04 bits per heavy atom. The fourth-order valence-electron chi connectivity index (χ4n) is 2.64. The zero-order valence-electron chi connectivity index (χ0n) is 13.5. The van der Waals surface area contributed by atoms with Crippen molar-refractivity contribution in [3.05, 3.63) is 53.9 Å². The zero-order valence-corrected chi connectivity index (χ0v) is 15.1. The summed E-state index contributed by atoms with van der Waals surface area (Å²) in [5, 5.41) is 6.20. The van der Waals surface area contributed by atoms with Gasteiger partial charge in [-0.25, -0.2) is 9.97 Å². The summed E-state index contributed by atoms with van der Waals surface area (Å²) in [6.07, 6.45) is 10.2. The Balaban J connectivity index is 1.64. The second kappa shape index (κ2) is 7.25. The van der Waals surface area contributed by atoms with Crippen molar-refractivity contribution in [1.29, 1.82) is 0 Å². The topological polar surface area (TPSA) is 60.3 Å². The summed E-state index contributed by atoms with van der Waals surface area (Å²) < 4.78 is 0. The third-order valence-corrected chi connectivity index (χ3v) is 6.11. The Hall–Kier alpha value is -2.38. The SMILES string of the molecule is C=CCO/N=C1\CCCc2sc(-c3cnc(-c4cccnc4)s3)nc21. The largest absolute Gasteiger partial charge is 0.391 e. The maximum Gasteiger partial charge on any atom is 0.136 e. The number of aromatic nitrogens is 3. The molecule has 7 heteroatoms. The molecule has 3 aromatic rings. The molecule has 1 aliphatic rings.